The minimum absolute atomic E-state index is 0.0348. The molecule has 0 atom stereocenters. The summed E-state index contributed by atoms with van der Waals surface area (Å²) in [5.74, 6) is 1.13. The van der Waals surface area contributed by atoms with Crippen molar-refractivity contribution >= 4 is 31.3 Å². The fraction of sp³-hybridized carbons (Fsp3) is 0. The highest BCUT2D eigenvalue weighted by molar-refractivity contribution is 8.13. The summed E-state index contributed by atoms with van der Waals surface area (Å²) in [6.07, 6.45) is 0. The van der Waals surface area contributed by atoms with Crippen molar-refractivity contribution in [1.82, 2.24) is 0 Å². The van der Waals surface area contributed by atoms with E-state index in [-0.39, 0.29) is 4.90 Å². The first-order chi connectivity index (χ1) is 8.45. The molecule has 0 spiro atoms. The largest absolute Gasteiger partial charge is 0.457 e. The Hall–Kier alpha value is -1.23. The van der Waals surface area contributed by atoms with Crippen LogP contribution in [0.3, 0.4) is 0 Å². The minimum Gasteiger partial charge on any atom is -0.457 e. The van der Waals surface area contributed by atoms with Crippen LogP contribution in [-0.4, -0.2) is 8.42 Å². The summed E-state index contributed by atoms with van der Waals surface area (Å²) in [5.41, 5.74) is 0. The maximum Gasteiger partial charge on any atom is 0.261 e. The first kappa shape index (κ1) is 13.2. The van der Waals surface area contributed by atoms with Crippen molar-refractivity contribution in [1.29, 1.82) is 0 Å². The molecule has 0 aromatic heterocycles. The lowest BCUT2D eigenvalue weighted by Gasteiger charge is -2.05. The van der Waals surface area contributed by atoms with Gasteiger partial charge in [0.05, 0.1) is 4.90 Å². The first-order valence-electron chi connectivity index (χ1n) is 4.93. The van der Waals surface area contributed by atoms with E-state index < -0.39 is 9.05 Å². The zero-order valence-electron chi connectivity index (χ0n) is 9.01. The van der Waals surface area contributed by atoms with Gasteiger partial charge in [-0.05, 0) is 48.5 Å². The van der Waals surface area contributed by atoms with Crippen molar-refractivity contribution in [3.63, 3.8) is 0 Å². The van der Waals surface area contributed by atoms with Gasteiger partial charge in [0.1, 0.15) is 11.5 Å². The zero-order valence-corrected chi connectivity index (χ0v) is 11.3. The summed E-state index contributed by atoms with van der Waals surface area (Å²) in [4.78, 5) is 0.0348. The molecule has 0 bridgehead atoms. The number of halogens is 2. The van der Waals surface area contributed by atoms with Gasteiger partial charge in [-0.1, -0.05) is 11.6 Å². The van der Waals surface area contributed by atoms with Crippen LogP contribution in [-0.2, 0) is 9.05 Å². The molecule has 0 saturated heterocycles. The molecular weight excluding hydrogens is 295 g/mol. The second-order valence-electron chi connectivity index (χ2n) is 3.47. The van der Waals surface area contributed by atoms with E-state index in [2.05, 4.69) is 0 Å². The molecule has 0 saturated carbocycles. The predicted molar refractivity (Wildman–Crippen MR) is 71.0 cm³/mol. The SMILES string of the molecule is O=S(=O)(Cl)c1ccc(Oc2ccc(Cl)cc2)cc1. The zero-order chi connectivity index (χ0) is 13.2. The van der Waals surface area contributed by atoms with Gasteiger partial charge in [0.25, 0.3) is 9.05 Å². The van der Waals surface area contributed by atoms with E-state index in [4.69, 9.17) is 27.0 Å². The number of hydrogen-bond donors (Lipinski definition) is 0. The van der Waals surface area contributed by atoms with E-state index in [9.17, 15) is 8.42 Å². The lowest BCUT2D eigenvalue weighted by atomic mass is 10.3. The van der Waals surface area contributed by atoms with E-state index in [1.807, 2.05) is 0 Å². The van der Waals surface area contributed by atoms with Crippen molar-refractivity contribution < 1.29 is 13.2 Å². The molecule has 0 radical (unpaired) electrons. The summed E-state index contributed by atoms with van der Waals surface area (Å²) in [5, 5.41) is 0.617. The molecule has 2 rings (SSSR count). The molecule has 0 aliphatic heterocycles. The average molecular weight is 303 g/mol. The average Bonchev–Trinajstić information content (AvgIpc) is 2.32. The number of rotatable bonds is 3. The van der Waals surface area contributed by atoms with Crippen LogP contribution in [0.4, 0.5) is 0 Å². The molecule has 3 nitrogen and oxygen atoms in total. The topological polar surface area (TPSA) is 43.4 Å². The van der Waals surface area contributed by atoms with E-state index >= 15 is 0 Å². The normalized spacial score (nSPS) is 11.2. The van der Waals surface area contributed by atoms with Crippen LogP contribution >= 0.6 is 22.3 Å². The van der Waals surface area contributed by atoms with E-state index in [0.717, 1.165) is 0 Å². The summed E-state index contributed by atoms with van der Waals surface area (Å²) in [7, 11) is 1.51. The van der Waals surface area contributed by atoms with Crippen molar-refractivity contribution in [2.24, 2.45) is 0 Å². The molecule has 94 valence electrons. The van der Waals surface area contributed by atoms with Gasteiger partial charge in [-0.15, -0.1) is 0 Å². The lowest BCUT2D eigenvalue weighted by molar-refractivity contribution is 0.482. The molecule has 0 aliphatic carbocycles. The summed E-state index contributed by atoms with van der Waals surface area (Å²) in [6, 6.07) is 12.7. The van der Waals surface area contributed by atoms with Gasteiger partial charge in [0.15, 0.2) is 0 Å². The van der Waals surface area contributed by atoms with Crippen LogP contribution < -0.4 is 4.74 Å². The first-order valence-corrected chi connectivity index (χ1v) is 7.62. The highest BCUT2D eigenvalue weighted by atomic mass is 35.7. The summed E-state index contributed by atoms with van der Waals surface area (Å²) in [6.45, 7) is 0. The molecule has 0 N–H and O–H groups in total. The lowest BCUT2D eigenvalue weighted by Crippen LogP contribution is -1.90. The number of hydrogen-bond acceptors (Lipinski definition) is 3. The summed E-state index contributed by atoms with van der Waals surface area (Å²) < 4.78 is 27.6. The maximum atomic E-state index is 11.0. The van der Waals surface area contributed by atoms with Gasteiger partial charge >= 0.3 is 0 Å². The third-order valence-corrected chi connectivity index (χ3v) is 3.78. The molecule has 2 aromatic rings. The molecule has 6 heteroatoms. The predicted octanol–water partition coefficient (Wildman–Crippen LogP) is 4.06. The Balaban J connectivity index is 2.18. The van der Waals surface area contributed by atoms with Crippen LogP contribution in [0.25, 0.3) is 0 Å². The fourth-order valence-electron chi connectivity index (χ4n) is 1.31. The highest BCUT2D eigenvalue weighted by Crippen LogP contribution is 2.25. The van der Waals surface area contributed by atoms with Crippen LogP contribution in [0.5, 0.6) is 11.5 Å². The minimum atomic E-state index is -3.70. The Bertz CT molecular complexity index is 634. The Labute approximate surface area is 114 Å². The van der Waals surface area contributed by atoms with Gasteiger partial charge in [-0.2, -0.15) is 0 Å². The van der Waals surface area contributed by atoms with E-state index in [1.54, 1.807) is 24.3 Å². The van der Waals surface area contributed by atoms with Gasteiger partial charge in [-0.3, -0.25) is 0 Å². The Morgan fingerprint density at radius 3 is 1.72 bits per heavy atom. The third-order valence-electron chi connectivity index (χ3n) is 2.15. The second kappa shape index (κ2) is 5.18. The van der Waals surface area contributed by atoms with E-state index in [0.29, 0.717) is 16.5 Å². The molecular formula is C12H8Cl2O3S. The van der Waals surface area contributed by atoms with Crippen molar-refractivity contribution in [3.8, 4) is 11.5 Å². The standard InChI is InChI=1S/C12H8Cl2O3S/c13-9-1-3-10(4-2-9)17-11-5-7-12(8-6-11)18(14,15)16/h1-8H. The fourth-order valence-corrected chi connectivity index (χ4v) is 2.20. The smallest absolute Gasteiger partial charge is 0.261 e. The number of benzene rings is 2. The van der Waals surface area contributed by atoms with Crippen molar-refractivity contribution in [3.05, 3.63) is 53.6 Å². The van der Waals surface area contributed by atoms with Gasteiger partial charge in [0, 0.05) is 15.7 Å². The molecule has 18 heavy (non-hydrogen) atoms. The summed E-state index contributed by atoms with van der Waals surface area (Å²) >= 11 is 5.75. The van der Waals surface area contributed by atoms with Crippen LogP contribution in [0, 0.1) is 0 Å². The van der Waals surface area contributed by atoms with Crippen molar-refractivity contribution in [2.45, 2.75) is 4.90 Å². The number of ether oxygens (including phenoxy) is 1. The van der Waals surface area contributed by atoms with Crippen molar-refractivity contribution in [2.75, 3.05) is 0 Å². The Morgan fingerprint density at radius 2 is 1.28 bits per heavy atom. The second-order valence-corrected chi connectivity index (χ2v) is 6.47. The highest BCUT2D eigenvalue weighted by Gasteiger charge is 2.09. The molecule has 2 aromatic carbocycles. The molecule has 0 fully saturated rings. The van der Waals surface area contributed by atoms with Gasteiger partial charge in [0.2, 0.25) is 0 Å². The maximum absolute atomic E-state index is 11.0. The Kier molecular flexibility index (Phi) is 3.80. The van der Waals surface area contributed by atoms with Gasteiger partial charge in [-0.25, -0.2) is 8.42 Å². The van der Waals surface area contributed by atoms with Crippen LogP contribution in [0.15, 0.2) is 53.4 Å². The third kappa shape index (κ3) is 3.38. The van der Waals surface area contributed by atoms with Gasteiger partial charge < -0.3 is 4.74 Å². The monoisotopic (exact) mass is 302 g/mol. The van der Waals surface area contributed by atoms with E-state index in [1.165, 1.54) is 24.3 Å². The molecule has 0 unspecified atom stereocenters. The molecule has 0 amide bonds. The van der Waals surface area contributed by atoms with Crippen LogP contribution in [0.1, 0.15) is 0 Å². The quantitative estimate of drug-likeness (QED) is 0.803. The molecule has 0 aliphatic rings. The Morgan fingerprint density at radius 1 is 0.833 bits per heavy atom. The van der Waals surface area contributed by atoms with Crippen LogP contribution in [0.2, 0.25) is 5.02 Å². The molecule has 0 heterocycles.